The van der Waals surface area contributed by atoms with Gasteiger partial charge in [-0.1, -0.05) is 30.0 Å². The van der Waals surface area contributed by atoms with Gasteiger partial charge in [0.1, 0.15) is 11.4 Å². The number of benzene rings is 2. The summed E-state index contributed by atoms with van der Waals surface area (Å²) in [7, 11) is 0. The number of carbonyl (C=O) groups excluding carboxylic acids is 1. The van der Waals surface area contributed by atoms with Crippen molar-refractivity contribution in [1.82, 2.24) is 14.5 Å². The van der Waals surface area contributed by atoms with Gasteiger partial charge in [0.05, 0.1) is 16.7 Å². The second-order valence-corrected chi connectivity index (χ2v) is 8.31. The van der Waals surface area contributed by atoms with Gasteiger partial charge in [-0.2, -0.15) is 13.2 Å². The fourth-order valence-electron chi connectivity index (χ4n) is 3.88. The van der Waals surface area contributed by atoms with Crippen molar-refractivity contribution >= 4 is 29.0 Å². The number of nitrogens with zero attached hydrogens (tertiary/aromatic N) is 5. The van der Waals surface area contributed by atoms with Gasteiger partial charge < -0.3 is 9.80 Å². The van der Waals surface area contributed by atoms with E-state index < -0.39 is 22.4 Å². The summed E-state index contributed by atoms with van der Waals surface area (Å²) in [5.74, 6) is -0.238. The Balaban J connectivity index is 1.54. The molecule has 2 aromatic carbocycles. The van der Waals surface area contributed by atoms with Gasteiger partial charge in [0.2, 0.25) is 0 Å². The molecule has 0 radical (unpaired) electrons. The average molecular weight is 491 g/mol. The molecule has 1 aliphatic rings. The van der Waals surface area contributed by atoms with E-state index in [1.807, 2.05) is 36.6 Å². The summed E-state index contributed by atoms with van der Waals surface area (Å²) in [6, 6.07) is 11.9. The summed E-state index contributed by atoms with van der Waals surface area (Å²) in [6.07, 6.45) is -1.29. The monoisotopic (exact) mass is 491 g/mol. The minimum Gasteiger partial charge on any atom is -0.362 e. The Labute approximate surface area is 197 Å². The highest BCUT2D eigenvalue weighted by molar-refractivity contribution is 7.98. The van der Waals surface area contributed by atoms with Gasteiger partial charge in [-0.25, -0.2) is 4.98 Å². The van der Waals surface area contributed by atoms with E-state index in [1.165, 1.54) is 18.0 Å². The molecule has 0 aliphatic carbocycles. The molecule has 0 atom stereocenters. The predicted molar refractivity (Wildman–Crippen MR) is 122 cm³/mol. The molecule has 3 aromatic rings. The summed E-state index contributed by atoms with van der Waals surface area (Å²) >= 11 is 1.41. The van der Waals surface area contributed by atoms with Crippen molar-refractivity contribution in [2.75, 3.05) is 37.3 Å². The van der Waals surface area contributed by atoms with Crippen molar-refractivity contribution < 1.29 is 22.9 Å². The molecule has 1 fully saturated rings. The van der Waals surface area contributed by atoms with Crippen LogP contribution in [0.15, 0.2) is 59.9 Å². The normalized spacial score (nSPS) is 14.4. The molecule has 12 heteroatoms. The third kappa shape index (κ3) is 4.58. The highest BCUT2D eigenvalue weighted by Crippen LogP contribution is 2.37. The van der Waals surface area contributed by atoms with Crippen LogP contribution < -0.4 is 4.90 Å². The second kappa shape index (κ2) is 9.37. The number of nitro benzene ring substituents is 1. The number of piperazine rings is 1. The van der Waals surface area contributed by atoms with Crippen molar-refractivity contribution in [3.05, 3.63) is 76.1 Å². The number of thioether (sulfide) groups is 1. The number of para-hydroxylation sites is 1. The van der Waals surface area contributed by atoms with Gasteiger partial charge in [-0.3, -0.25) is 19.5 Å². The average Bonchev–Trinajstić information content (AvgIpc) is 3.27. The van der Waals surface area contributed by atoms with Crippen LogP contribution in [0.1, 0.15) is 16.1 Å². The lowest BCUT2D eigenvalue weighted by Gasteiger charge is -2.36. The fourth-order valence-corrected chi connectivity index (χ4v) is 4.43. The number of hydrogen-bond donors (Lipinski definition) is 0. The van der Waals surface area contributed by atoms with Gasteiger partial charge in [-0.05, 0) is 30.5 Å². The van der Waals surface area contributed by atoms with Gasteiger partial charge in [0, 0.05) is 37.9 Å². The molecule has 1 saturated heterocycles. The van der Waals surface area contributed by atoms with E-state index in [9.17, 15) is 28.1 Å². The molecule has 8 nitrogen and oxygen atoms in total. The van der Waals surface area contributed by atoms with Crippen LogP contribution in [0.4, 0.5) is 24.5 Å². The SMILES string of the molecule is CSc1ncc(C(=O)N2CCN(c3ccc(C(F)(F)F)cc3[N+](=O)[O-])CC2)n1-c1ccccc1. The van der Waals surface area contributed by atoms with Crippen molar-refractivity contribution in [2.24, 2.45) is 0 Å². The van der Waals surface area contributed by atoms with Gasteiger partial charge in [0.25, 0.3) is 11.6 Å². The number of carbonyl (C=O) groups is 1. The standard InChI is InChI=1S/C22H20F3N5O3S/c1-34-21-26-14-19(29(21)16-5-3-2-4-6-16)20(31)28-11-9-27(10-12-28)17-8-7-15(22(23,24)25)13-18(17)30(32)33/h2-8,13-14H,9-12H2,1H3. The molecule has 2 heterocycles. The summed E-state index contributed by atoms with van der Waals surface area (Å²) in [5.41, 5.74) is -0.391. The minimum absolute atomic E-state index is 0.101. The van der Waals surface area contributed by atoms with Crippen molar-refractivity contribution in [1.29, 1.82) is 0 Å². The Bertz CT molecular complexity index is 1210. The summed E-state index contributed by atoms with van der Waals surface area (Å²) in [5, 5.41) is 12.1. The Hall–Kier alpha value is -3.54. The highest BCUT2D eigenvalue weighted by atomic mass is 32.2. The Kier molecular flexibility index (Phi) is 6.51. The van der Waals surface area contributed by atoms with E-state index in [0.29, 0.717) is 16.9 Å². The summed E-state index contributed by atoms with van der Waals surface area (Å²) in [4.78, 5) is 31.5. The number of amides is 1. The molecule has 0 bridgehead atoms. The van der Waals surface area contributed by atoms with E-state index in [2.05, 4.69) is 4.98 Å². The number of anilines is 1. The number of nitro groups is 1. The lowest BCUT2D eigenvalue weighted by atomic mass is 10.1. The van der Waals surface area contributed by atoms with Gasteiger partial charge in [-0.15, -0.1) is 0 Å². The molecular weight excluding hydrogens is 471 g/mol. The van der Waals surface area contributed by atoms with Crippen LogP contribution in [0.3, 0.4) is 0 Å². The Morgan fingerprint density at radius 1 is 1.09 bits per heavy atom. The molecule has 0 spiro atoms. The van der Waals surface area contributed by atoms with Gasteiger partial charge in [0.15, 0.2) is 5.16 Å². The van der Waals surface area contributed by atoms with E-state index in [1.54, 1.807) is 14.4 Å². The first-order valence-electron chi connectivity index (χ1n) is 10.3. The first-order valence-corrected chi connectivity index (χ1v) is 11.5. The number of hydrogen-bond acceptors (Lipinski definition) is 6. The second-order valence-electron chi connectivity index (χ2n) is 7.54. The maximum absolute atomic E-state index is 13.3. The highest BCUT2D eigenvalue weighted by Gasteiger charge is 2.35. The van der Waals surface area contributed by atoms with E-state index in [-0.39, 0.29) is 37.8 Å². The quantitative estimate of drug-likeness (QED) is 0.297. The topological polar surface area (TPSA) is 84.5 Å². The lowest BCUT2D eigenvalue weighted by Crippen LogP contribution is -2.49. The first-order chi connectivity index (χ1) is 16.2. The maximum atomic E-state index is 13.3. The van der Waals surface area contributed by atoms with Crippen LogP contribution in [-0.4, -0.2) is 57.7 Å². The van der Waals surface area contributed by atoms with Crippen LogP contribution in [0, 0.1) is 10.1 Å². The number of imidazole rings is 1. The van der Waals surface area contributed by atoms with Gasteiger partial charge >= 0.3 is 6.18 Å². The van der Waals surface area contributed by atoms with Crippen molar-refractivity contribution in [3.63, 3.8) is 0 Å². The fraction of sp³-hybridized carbons (Fsp3) is 0.273. The zero-order valence-corrected chi connectivity index (χ0v) is 18.8. The number of halogens is 3. The molecule has 0 N–H and O–H groups in total. The summed E-state index contributed by atoms with van der Waals surface area (Å²) < 4.78 is 40.8. The first kappa shape index (κ1) is 23.6. The molecule has 4 rings (SSSR count). The van der Waals surface area contributed by atoms with E-state index in [4.69, 9.17) is 0 Å². The molecule has 34 heavy (non-hydrogen) atoms. The van der Waals surface area contributed by atoms with Crippen molar-refractivity contribution in [3.8, 4) is 5.69 Å². The number of aromatic nitrogens is 2. The largest absolute Gasteiger partial charge is 0.416 e. The van der Waals surface area contributed by atoms with E-state index >= 15 is 0 Å². The molecule has 0 saturated carbocycles. The number of rotatable bonds is 5. The molecule has 1 amide bonds. The van der Waals surface area contributed by atoms with Crippen molar-refractivity contribution in [2.45, 2.75) is 11.3 Å². The smallest absolute Gasteiger partial charge is 0.362 e. The Morgan fingerprint density at radius 3 is 2.35 bits per heavy atom. The third-order valence-corrected chi connectivity index (χ3v) is 6.21. The van der Waals surface area contributed by atoms with Crippen LogP contribution in [-0.2, 0) is 6.18 Å². The predicted octanol–water partition coefficient (Wildman–Crippen LogP) is 4.48. The van der Waals surface area contributed by atoms with Crippen LogP contribution in [0.2, 0.25) is 0 Å². The molecule has 0 unspecified atom stereocenters. The zero-order chi connectivity index (χ0) is 24.5. The number of alkyl halides is 3. The van der Waals surface area contributed by atoms with Crippen LogP contribution in [0.25, 0.3) is 5.69 Å². The maximum Gasteiger partial charge on any atom is 0.416 e. The molecular formula is C22H20F3N5O3S. The molecule has 178 valence electrons. The van der Waals surface area contributed by atoms with Crippen LogP contribution >= 0.6 is 11.8 Å². The summed E-state index contributed by atoms with van der Waals surface area (Å²) in [6.45, 7) is 0.997. The minimum atomic E-state index is -4.67. The zero-order valence-electron chi connectivity index (χ0n) is 18.0. The molecule has 1 aromatic heterocycles. The Morgan fingerprint density at radius 2 is 1.76 bits per heavy atom. The van der Waals surface area contributed by atoms with E-state index in [0.717, 1.165) is 17.8 Å². The third-order valence-electron chi connectivity index (χ3n) is 5.55. The molecule has 1 aliphatic heterocycles. The van der Waals surface area contributed by atoms with Crippen LogP contribution in [0.5, 0.6) is 0 Å². The lowest BCUT2D eigenvalue weighted by molar-refractivity contribution is -0.384.